The number of benzene rings is 1. The van der Waals surface area contributed by atoms with E-state index in [2.05, 4.69) is 32.8 Å². The molecule has 0 radical (unpaired) electrons. The lowest BCUT2D eigenvalue weighted by molar-refractivity contribution is -0.140. The van der Waals surface area contributed by atoms with Crippen LogP contribution in [0.5, 0.6) is 5.75 Å². The van der Waals surface area contributed by atoms with Crippen LogP contribution in [0.3, 0.4) is 0 Å². The molecule has 4 heteroatoms. The van der Waals surface area contributed by atoms with Gasteiger partial charge in [-0.15, -0.1) is 0 Å². The predicted molar refractivity (Wildman–Crippen MR) is 91.3 cm³/mol. The summed E-state index contributed by atoms with van der Waals surface area (Å²) < 4.78 is 11.8. The van der Waals surface area contributed by atoms with Gasteiger partial charge in [0.25, 0.3) is 0 Å². The Kier molecular flexibility index (Phi) is 6.97. The fraction of sp³-hybridized carbons (Fsp3) is 0.500. The summed E-state index contributed by atoms with van der Waals surface area (Å²) in [7, 11) is 1.43. The summed E-state index contributed by atoms with van der Waals surface area (Å²) in [5.41, 5.74) is 2.60. The van der Waals surface area contributed by atoms with Gasteiger partial charge in [-0.1, -0.05) is 28.1 Å². The average Bonchev–Trinajstić information content (AvgIpc) is 2.55. The van der Waals surface area contributed by atoms with Crippen molar-refractivity contribution in [3.63, 3.8) is 0 Å². The fourth-order valence-corrected chi connectivity index (χ4v) is 3.14. The van der Waals surface area contributed by atoms with E-state index >= 15 is 0 Å². The molecule has 1 aliphatic carbocycles. The van der Waals surface area contributed by atoms with Crippen molar-refractivity contribution in [1.82, 2.24) is 0 Å². The third-order valence-corrected chi connectivity index (χ3v) is 4.88. The van der Waals surface area contributed by atoms with Gasteiger partial charge in [-0.05, 0) is 66.3 Å². The van der Waals surface area contributed by atoms with Gasteiger partial charge < -0.3 is 9.47 Å². The van der Waals surface area contributed by atoms with Gasteiger partial charge in [-0.25, -0.2) is 0 Å². The SMILES string of the molecule is COC(=O)CCCc1ccc(OCC2=C(Br)CCCC2)cc1. The highest BCUT2D eigenvalue weighted by Gasteiger charge is 2.11. The van der Waals surface area contributed by atoms with Crippen molar-refractivity contribution < 1.29 is 14.3 Å². The number of ether oxygens (including phenoxy) is 2. The molecule has 3 nitrogen and oxygen atoms in total. The molecule has 0 heterocycles. The molecule has 1 aromatic rings. The fourth-order valence-electron chi connectivity index (χ4n) is 2.54. The topological polar surface area (TPSA) is 35.5 Å². The summed E-state index contributed by atoms with van der Waals surface area (Å²) in [5.74, 6) is 0.751. The second-order valence-electron chi connectivity index (χ2n) is 5.58. The Morgan fingerprint density at radius 1 is 1.18 bits per heavy atom. The van der Waals surface area contributed by atoms with Gasteiger partial charge in [-0.3, -0.25) is 4.79 Å². The second kappa shape index (κ2) is 8.99. The largest absolute Gasteiger partial charge is 0.489 e. The van der Waals surface area contributed by atoms with E-state index in [0.29, 0.717) is 13.0 Å². The van der Waals surface area contributed by atoms with Crippen molar-refractivity contribution in [2.75, 3.05) is 13.7 Å². The lowest BCUT2D eigenvalue weighted by atomic mass is 10.0. The van der Waals surface area contributed by atoms with E-state index in [1.165, 1.54) is 35.6 Å². The standard InChI is InChI=1S/C18H23BrO3/c1-21-18(20)8-4-5-14-9-11-16(12-10-14)22-13-15-6-2-3-7-17(15)19/h9-12H,2-8,13H2,1H3. The van der Waals surface area contributed by atoms with Crippen LogP contribution in [-0.4, -0.2) is 19.7 Å². The molecule has 0 aromatic heterocycles. The van der Waals surface area contributed by atoms with E-state index in [-0.39, 0.29) is 5.97 Å². The third-order valence-electron chi connectivity index (χ3n) is 3.92. The van der Waals surface area contributed by atoms with E-state index in [9.17, 15) is 4.79 Å². The highest BCUT2D eigenvalue weighted by atomic mass is 79.9. The maximum absolute atomic E-state index is 11.1. The zero-order valence-electron chi connectivity index (χ0n) is 13.1. The van der Waals surface area contributed by atoms with Crippen molar-refractivity contribution >= 4 is 21.9 Å². The first-order valence-electron chi connectivity index (χ1n) is 7.84. The van der Waals surface area contributed by atoms with Gasteiger partial charge in [0.05, 0.1) is 7.11 Å². The molecule has 0 saturated carbocycles. The van der Waals surface area contributed by atoms with Crippen LogP contribution < -0.4 is 4.74 Å². The first kappa shape index (κ1) is 17.1. The lowest BCUT2D eigenvalue weighted by Gasteiger charge is -2.17. The molecule has 22 heavy (non-hydrogen) atoms. The number of methoxy groups -OCH3 is 1. The summed E-state index contributed by atoms with van der Waals surface area (Å²) in [5, 5.41) is 0. The number of halogens is 1. The minimum atomic E-state index is -0.147. The lowest BCUT2D eigenvalue weighted by Crippen LogP contribution is -2.06. The van der Waals surface area contributed by atoms with Crippen LogP contribution in [0.25, 0.3) is 0 Å². The molecule has 0 unspecified atom stereocenters. The van der Waals surface area contributed by atoms with Crippen molar-refractivity contribution in [3.05, 3.63) is 39.9 Å². The Bertz CT molecular complexity index is 520. The summed E-state index contributed by atoms with van der Waals surface area (Å²) in [6.45, 7) is 0.669. The van der Waals surface area contributed by atoms with Crippen molar-refractivity contribution in [2.24, 2.45) is 0 Å². The Morgan fingerprint density at radius 2 is 1.91 bits per heavy atom. The smallest absolute Gasteiger partial charge is 0.305 e. The molecule has 0 N–H and O–H groups in total. The van der Waals surface area contributed by atoms with E-state index in [1.54, 1.807) is 0 Å². The minimum Gasteiger partial charge on any atom is -0.489 e. The van der Waals surface area contributed by atoms with Crippen LogP contribution >= 0.6 is 15.9 Å². The van der Waals surface area contributed by atoms with Crippen LogP contribution in [0, 0.1) is 0 Å². The number of allylic oxidation sites excluding steroid dienone is 1. The molecule has 1 aromatic carbocycles. The van der Waals surface area contributed by atoms with Crippen LogP contribution in [0.2, 0.25) is 0 Å². The van der Waals surface area contributed by atoms with Crippen LogP contribution in [0.1, 0.15) is 44.1 Å². The highest BCUT2D eigenvalue weighted by molar-refractivity contribution is 9.11. The first-order chi connectivity index (χ1) is 10.7. The molecular formula is C18H23BrO3. The zero-order valence-corrected chi connectivity index (χ0v) is 14.7. The maximum atomic E-state index is 11.1. The Labute approximate surface area is 140 Å². The Balaban J connectivity index is 1.78. The Hall–Kier alpha value is -1.29. The van der Waals surface area contributed by atoms with Gasteiger partial charge in [-0.2, -0.15) is 0 Å². The number of hydrogen-bond acceptors (Lipinski definition) is 3. The summed E-state index contributed by atoms with van der Waals surface area (Å²) >= 11 is 3.65. The van der Waals surface area contributed by atoms with Crippen molar-refractivity contribution in [3.8, 4) is 5.75 Å². The molecule has 2 rings (SSSR count). The predicted octanol–water partition coefficient (Wildman–Crippen LogP) is 4.78. The van der Waals surface area contributed by atoms with Crippen molar-refractivity contribution in [1.29, 1.82) is 0 Å². The van der Waals surface area contributed by atoms with Crippen LogP contribution in [0.15, 0.2) is 34.3 Å². The number of aryl methyl sites for hydroxylation is 1. The van der Waals surface area contributed by atoms with Gasteiger partial charge >= 0.3 is 5.97 Å². The van der Waals surface area contributed by atoms with E-state index in [0.717, 1.165) is 31.4 Å². The molecule has 0 saturated heterocycles. The van der Waals surface area contributed by atoms with E-state index in [1.807, 2.05) is 12.1 Å². The number of hydrogen-bond donors (Lipinski definition) is 0. The van der Waals surface area contributed by atoms with E-state index in [4.69, 9.17) is 4.74 Å². The number of rotatable bonds is 7. The van der Waals surface area contributed by atoms with Gasteiger partial charge in [0, 0.05) is 6.42 Å². The van der Waals surface area contributed by atoms with Gasteiger partial charge in [0.1, 0.15) is 12.4 Å². The molecule has 0 spiro atoms. The Morgan fingerprint density at radius 3 is 2.59 bits per heavy atom. The minimum absolute atomic E-state index is 0.147. The second-order valence-corrected chi connectivity index (χ2v) is 6.54. The summed E-state index contributed by atoms with van der Waals surface area (Å²) in [4.78, 5) is 11.1. The molecule has 0 fully saturated rings. The van der Waals surface area contributed by atoms with Gasteiger partial charge in [0.15, 0.2) is 0 Å². The quantitative estimate of drug-likeness (QED) is 0.651. The molecule has 0 atom stereocenters. The molecular weight excluding hydrogens is 344 g/mol. The molecule has 1 aliphatic rings. The van der Waals surface area contributed by atoms with Crippen molar-refractivity contribution in [2.45, 2.75) is 44.9 Å². The molecule has 0 amide bonds. The average molecular weight is 367 g/mol. The zero-order chi connectivity index (χ0) is 15.8. The van der Waals surface area contributed by atoms with Crippen LogP contribution in [-0.2, 0) is 16.0 Å². The number of carbonyl (C=O) groups excluding carboxylic acids is 1. The normalized spacial score (nSPS) is 14.8. The summed E-state index contributed by atoms with van der Waals surface area (Å²) in [6, 6.07) is 8.14. The molecule has 0 bridgehead atoms. The molecule has 120 valence electrons. The summed E-state index contributed by atoms with van der Waals surface area (Å²) in [6.07, 6.45) is 6.96. The monoisotopic (exact) mass is 366 g/mol. The van der Waals surface area contributed by atoms with Gasteiger partial charge in [0.2, 0.25) is 0 Å². The number of esters is 1. The highest BCUT2D eigenvalue weighted by Crippen LogP contribution is 2.29. The maximum Gasteiger partial charge on any atom is 0.305 e. The van der Waals surface area contributed by atoms with E-state index < -0.39 is 0 Å². The number of carbonyl (C=O) groups is 1. The van der Waals surface area contributed by atoms with Crippen LogP contribution in [0.4, 0.5) is 0 Å². The third kappa shape index (κ3) is 5.48. The molecule has 0 aliphatic heterocycles. The first-order valence-corrected chi connectivity index (χ1v) is 8.63.